The lowest BCUT2D eigenvalue weighted by molar-refractivity contribution is 0.261. The summed E-state index contributed by atoms with van der Waals surface area (Å²) in [5, 5.41) is 0. The van der Waals surface area contributed by atoms with Crippen LogP contribution in [0.25, 0.3) is 0 Å². The van der Waals surface area contributed by atoms with Crippen molar-refractivity contribution in [3.05, 3.63) is 29.8 Å². The fraction of sp³-hybridized carbons (Fsp3) is 0.600. The van der Waals surface area contributed by atoms with E-state index in [9.17, 15) is 0 Å². The van der Waals surface area contributed by atoms with Crippen LogP contribution in [0.2, 0.25) is 0 Å². The van der Waals surface area contributed by atoms with Crippen LogP contribution in [-0.2, 0) is 0 Å². The van der Waals surface area contributed by atoms with E-state index in [0.29, 0.717) is 0 Å². The van der Waals surface area contributed by atoms with Gasteiger partial charge in [0.15, 0.2) is 0 Å². The number of ether oxygens (including phenoxy) is 1. The molecule has 0 fully saturated rings. The molecule has 17 heavy (non-hydrogen) atoms. The van der Waals surface area contributed by atoms with Gasteiger partial charge in [0, 0.05) is 6.54 Å². The zero-order valence-electron chi connectivity index (χ0n) is 11.4. The summed E-state index contributed by atoms with van der Waals surface area (Å²) in [5.41, 5.74) is 1.27. The molecule has 0 aromatic heterocycles. The molecule has 0 spiro atoms. The van der Waals surface area contributed by atoms with E-state index >= 15 is 0 Å². The molecule has 0 atom stereocenters. The molecule has 0 bridgehead atoms. The molecule has 0 unspecified atom stereocenters. The van der Waals surface area contributed by atoms with Crippen molar-refractivity contribution in [2.45, 2.75) is 33.1 Å². The van der Waals surface area contributed by atoms with Gasteiger partial charge in [0.1, 0.15) is 5.75 Å². The lowest BCUT2D eigenvalue weighted by Gasteiger charge is -2.16. The van der Waals surface area contributed by atoms with Gasteiger partial charge in [0.05, 0.1) is 6.61 Å². The molecule has 0 amide bonds. The maximum atomic E-state index is 5.69. The van der Waals surface area contributed by atoms with Crippen molar-refractivity contribution < 1.29 is 4.74 Å². The van der Waals surface area contributed by atoms with Crippen LogP contribution >= 0.6 is 0 Å². The van der Waals surface area contributed by atoms with Crippen molar-refractivity contribution in [1.82, 2.24) is 4.90 Å². The fourth-order valence-electron chi connectivity index (χ4n) is 1.70. The third-order valence-electron chi connectivity index (χ3n) is 2.87. The average molecular weight is 235 g/mol. The van der Waals surface area contributed by atoms with E-state index in [4.69, 9.17) is 4.74 Å². The second-order valence-corrected chi connectivity index (χ2v) is 4.67. The number of hydrogen-bond acceptors (Lipinski definition) is 2. The Morgan fingerprint density at radius 1 is 1.06 bits per heavy atom. The SMILES string of the molecule is CCCCN(C)CCCOc1ccc(C)cc1. The van der Waals surface area contributed by atoms with E-state index in [2.05, 4.69) is 37.9 Å². The van der Waals surface area contributed by atoms with Crippen molar-refractivity contribution >= 4 is 0 Å². The van der Waals surface area contributed by atoms with Gasteiger partial charge >= 0.3 is 0 Å². The summed E-state index contributed by atoms with van der Waals surface area (Å²) in [5.74, 6) is 0.979. The smallest absolute Gasteiger partial charge is 0.119 e. The highest BCUT2D eigenvalue weighted by molar-refractivity contribution is 5.26. The highest BCUT2D eigenvalue weighted by Crippen LogP contribution is 2.11. The molecule has 0 aliphatic heterocycles. The van der Waals surface area contributed by atoms with Gasteiger partial charge in [-0.25, -0.2) is 0 Å². The normalized spacial score (nSPS) is 10.8. The third-order valence-corrected chi connectivity index (χ3v) is 2.87. The number of benzene rings is 1. The summed E-state index contributed by atoms with van der Waals surface area (Å²) < 4.78 is 5.69. The van der Waals surface area contributed by atoms with Crippen LogP contribution in [0.1, 0.15) is 31.7 Å². The molecule has 0 aliphatic rings. The van der Waals surface area contributed by atoms with E-state index in [0.717, 1.165) is 25.3 Å². The summed E-state index contributed by atoms with van der Waals surface area (Å²) in [4.78, 5) is 2.38. The minimum absolute atomic E-state index is 0.805. The number of nitrogens with zero attached hydrogens (tertiary/aromatic N) is 1. The summed E-state index contributed by atoms with van der Waals surface area (Å²) in [6, 6.07) is 8.25. The lowest BCUT2D eigenvalue weighted by Crippen LogP contribution is -2.22. The number of unbranched alkanes of at least 4 members (excludes halogenated alkanes) is 1. The van der Waals surface area contributed by atoms with Gasteiger partial charge in [0.2, 0.25) is 0 Å². The van der Waals surface area contributed by atoms with Crippen LogP contribution in [0, 0.1) is 6.92 Å². The van der Waals surface area contributed by atoms with Gasteiger partial charge in [-0.2, -0.15) is 0 Å². The first kappa shape index (κ1) is 14.0. The molecule has 1 aromatic carbocycles. The Labute approximate surface area is 106 Å². The molecule has 0 saturated carbocycles. The predicted molar refractivity (Wildman–Crippen MR) is 73.7 cm³/mol. The molecule has 2 heteroatoms. The quantitative estimate of drug-likeness (QED) is 0.639. The zero-order chi connectivity index (χ0) is 12.5. The van der Waals surface area contributed by atoms with Crippen molar-refractivity contribution in [1.29, 1.82) is 0 Å². The third kappa shape index (κ3) is 6.32. The van der Waals surface area contributed by atoms with Gasteiger partial charge in [-0.1, -0.05) is 31.0 Å². The number of rotatable bonds is 8. The fourth-order valence-corrected chi connectivity index (χ4v) is 1.70. The highest BCUT2D eigenvalue weighted by atomic mass is 16.5. The van der Waals surface area contributed by atoms with Crippen LogP contribution in [-0.4, -0.2) is 31.6 Å². The summed E-state index contributed by atoms with van der Waals surface area (Å²) in [6.07, 6.45) is 3.65. The average Bonchev–Trinajstić information content (AvgIpc) is 2.34. The second-order valence-electron chi connectivity index (χ2n) is 4.67. The molecule has 0 N–H and O–H groups in total. The molecule has 2 nitrogen and oxygen atoms in total. The number of aryl methyl sites for hydroxylation is 1. The Kier molecular flexibility index (Phi) is 6.71. The molecule has 0 saturated heterocycles. The topological polar surface area (TPSA) is 12.5 Å². The lowest BCUT2D eigenvalue weighted by atomic mass is 10.2. The maximum absolute atomic E-state index is 5.69. The Morgan fingerprint density at radius 2 is 1.71 bits per heavy atom. The zero-order valence-corrected chi connectivity index (χ0v) is 11.4. The largest absolute Gasteiger partial charge is 0.494 e. The van der Waals surface area contributed by atoms with Crippen LogP contribution < -0.4 is 4.74 Å². The van der Waals surface area contributed by atoms with Gasteiger partial charge in [-0.15, -0.1) is 0 Å². The molecule has 0 aliphatic carbocycles. The Morgan fingerprint density at radius 3 is 2.35 bits per heavy atom. The summed E-state index contributed by atoms with van der Waals surface area (Å²) >= 11 is 0. The first-order chi connectivity index (χ1) is 8.22. The van der Waals surface area contributed by atoms with Crippen molar-refractivity contribution in [2.75, 3.05) is 26.7 Å². The molecule has 1 rings (SSSR count). The van der Waals surface area contributed by atoms with E-state index in [1.165, 1.54) is 24.9 Å². The molecule has 96 valence electrons. The predicted octanol–water partition coefficient (Wildman–Crippen LogP) is 3.50. The Bertz CT molecular complexity index is 294. The minimum Gasteiger partial charge on any atom is -0.494 e. The van der Waals surface area contributed by atoms with E-state index in [-0.39, 0.29) is 0 Å². The summed E-state index contributed by atoms with van der Waals surface area (Å²) in [6.45, 7) is 7.44. The Balaban J connectivity index is 2.09. The first-order valence-electron chi connectivity index (χ1n) is 6.60. The van der Waals surface area contributed by atoms with E-state index < -0.39 is 0 Å². The van der Waals surface area contributed by atoms with Gasteiger partial charge < -0.3 is 9.64 Å². The molecular formula is C15H25NO. The number of hydrogen-bond donors (Lipinski definition) is 0. The Hall–Kier alpha value is -1.02. The van der Waals surface area contributed by atoms with Crippen LogP contribution in [0.15, 0.2) is 24.3 Å². The maximum Gasteiger partial charge on any atom is 0.119 e. The van der Waals surface area contributed by atoms with Crippen LogP contribution in [0.3, 0.4) is 0 Å². The van der Waals surface area contributed by atoms with Gasteiger partial charge in [0.25, 0.3) is 0 Å². The molecule has 0 radical (unpaired) electrons. The standard InChI is InChI=1S/C15H25NO/c1-4-5-11-16(3)12-6-13-17-15-9-7-14(2)8-10-15/h7-10H,4-6,11-13H2,1-3H3. The molecule has 0 heterocycles. The first-order valence-corrected chi connectivity index (χ1v) is 6.60. The van der Waals surface area contributed by atoms with Crippen molar-refractivity contribution in [3.63, 3.8) is 0 Å². The minimum atomic E-state index is 0.805. The van der Waals surface area contributed by atoms with Crippen molar-refractivity contribution in [3.8, 4) is 5.75 Å². The van der Waals surface area contributed by atoms with Gasteiger partial charge in [-0.05, 0) is 45.5 Å². The van der Waals surface area contributed by atoms with E-state index in [1.54, 1.807) is 0 Å². The second kappa shape index (κ2) is 8.13. The molecule has 1 aromatic rings. The van der Waals surface area contributed by atoms with Crippen LogP contribution in [0.5, 0.6) is 5.75 Å². The van der Waals surface area contributed by atoms with Gasteiger partial charge in [-0.3, -0.25) is 0 Å². The monoisotopic (exact) mass is 235 g/mol. The summed E-state index contributed by atoms with van der Waals surface area (Å²) in [7, 11) is 2.18. The van der Waals surface area contributed by atoms with Crippen molar-refractivity contribution in [2.24, 2.45) is 0 Å². The van der Waals surface area contributed by atoms with E-state index in [1.807, 2.05) is 12.1 Å². The van der Waals surface area contributed by atoms with Crippen LogP contribution in [0.4, 0.5) is 0 Å². The molecular weight excluding hydrogens is 210 g/mol. The highest BCUT2D eigenvalue weighted by Gasteiger charge is 1.98.